The van der Waals surface area contributed by atoms with Crippen LogP contribution in [0, 0.1) is 0 Å². The van der Waals surface area contributed by atoms with Gasteiger partial charge in [-0.05, 0) is 47.3 Å². The van der Waals surface area contributed by atoms with Crippen LogP contribution < -0.4 is 14.8 Å². The highest BCUT2D eigenvalue weighted by atomic mass is 32.2. The SMILES string of the molecule is COc1cccc(CNC(=O)c2cccc(NS(=O)(=O)c3cccs3)c2)c1. The van der Waals surface area contributed by atoms with Gasteiger partial charge in [0, 0.05) is 17.8 Å². The first-order valence-corrected chi connectivity index (χ1v) is 10.4. The Balaban J connectivity index is 1.68. The summed E-state index contributed by atoms with van der Waals surface area (Å²) < 4.78 is 32.5. The van der Waals surface area contributed by atoms with Gasteiger partial charge >= 0.3 is 0 Å². The summed E-state index contributed by atoms with van der Waals surface area (Å²) in [7, 11) is -2.07. The van der Waals surface area contributed by atoms with Crippen LogP contribution in [0.3, 0.4) is 0 Å². The molecule has 2 aromatic carbocycles. The highest BCUT2D eigenvalue weighted by Gasteiger charge is 2.16. The van der Waals surface area contributed by atoms with Crippen molar-refractivity contribution in [2.24, 2.45) is 0 Å². The number of ether oxygens (including phenoxy) is 1. The van der Waals surface area contributed by atoms with E-state index in [4.69, 9.17) is 4.74 Å². The Hall–Kier alpha value is -2.84. The zero-order valence-corrected chi connectivity index (χ0v) is 16.1. The predicted molar refractivity (Wildman–Crippen MR) is 106 cm³/mol. The van der Waals surface area contributed by atoms with Crippen LogP contribution in [0.5, 0.6) is 5.75 Å². The molecule has 1 heterocycles. The lowest BCUT2D eigenvalue weighted by Crippen LogP contribution is -2.23. The minimum atomic E-state index is -3.65. The summed E-state index contributed by atoms with van der Waals surface area (Å²) in [5, 5.41) is 4.51. The highest BCUT2D eigenvalue weighted by molar-refractivity contribution is 7.94. The maximum absolute atomic E-state index is 12.4. The smallest absolute Gasteiger partial charge is 0.271 e. The first kappa shape index (κ1) is 18.9. The number of anilines is 1. The molecule has 6 nitrogen and oxygen atoms in total. The number of sulfonamides is 1. The Morgan fingerprint density at radius 1 is 1.07 bits per heavy atom. The number of thiophene rings is 1. The number of hydrogen-bond donors (Lipinski definition) is 2. The molecule has 0 aliphatic heterocycles. The summed E-state index contributed by atoms with van der Waals surface area (Å²) in [5.41, 5.74) is 1.60. The molecule has 0 saturated heterocycles. The number of hydrogen-bond acceptors (Lipinski definition) is 5. The molecule has 27 heavy (non-hydrogen) atoms. The molecule has 8 heteroatoms. The summed E-state index contributed by atoms with van der Waals surface area (Å²) >= 11 is 1.13. The van der Waals surface area contributed by atoms with Crippen LogP contribution in [0.15, 0.2) is 70.3 Å². The first-order valence-electron chi connectivity index (χ1n) is 8.05. The van der Waals surface area contributed by atoms with Crippen molar-refractivity contribution in [2.45, 2.75) is 10.8 Å². The Bertz CT molecular complexity index is 1030. The molecular formula is C19H18N2O4S2. The van der Waals surface area contributed by atoms with E-state index in [-0.39, 0.29) is 10.1 Å². The molecule has 0 aliphatic rings. The molecule has 3 aromatic rings. The third kappa shape index (κ3) is 4.87. The monoisotopic (exact) mass is 402 g/mol. The van der Waals surface area contributed by atoms with E-state index in [0.717, 1.165) is 16.9 Å². The van der Waals surface area contributed by atoms with Crippen LogP contribution in [0.1, 0.15) is 15.9 Å². The highest BCUT2D eigenvalue weighted by Crippen LogP contribution is 2.21. The normalized spacial score (nSPS) is 11.0. The van der Waals surface area contributed by atoms with E-state index in [1.54, 1.807) is 36.8 Å². The minimum absolute atomic E-state index is 0.218. The zero-order valence-electron chi connectivity index (χ0n) is 14.5. The molecule has 140 valence electrons. The fraction of sp³-hybridized carbons (Fsp3) is 0.105. The summed E-state index contributed by atoms with van der Waals surface area (Å²) in [6.07, 6.45) is 0. The molecule has 0 unspecified atom stereocenters. The third-order valence-corrected chi connectivity index (χ3v) is 6.50. The van der Waals surface area contributed by atoms with Crippen molar-refractivity contribution >= 4 is 33.0 Å². The Kier molecular flexibility index (Phi) is 5.78. The zero-order chi connectivity index (χ0) is 19.3. The first-order chi connectivity index (χ1) is 13.0. The molecular weight excluding hydrogens is 384 g/mol. The number of methoxy groups -OCH3 is 1. The Morgan fingerprint density at radius 2 is 1.89 bits per heavy atom. The van der Waals surface area contributed by atoms with Crippen molar-refractivity contribution in [1.82, 2.24) is 5.32 Å². The van der Waals surface area contributed by atoms with Gasteiger partial charge in [0.15, 0.2) is 0 Å². The van der Waals surface area contributed by atoms with E-state index in [2.05, 4.69) is 10.0 Å². The second kappa shape index (κ2) is 8.24. The number of carbonyl (C=O) groups excluding carboxylic acids is 1. The van der Waals surface area contributed by atoms with Crippen molar-refractivity contribution in [1.29, 1.82) is 0 Å². The maximum atomic E-state index is 12.4. The van der Waals surface area contributed by atoms with Crippen LogP contribution in [-0.4, -0.2) is 21.4 Å². The van der Waals surface area contributed by atoms with Crippen molar-refractivity contribution in [2.75, 3.05) is 11.8 Å². The van der Waals surface area contributed by atoms with Crippen molar-refractivity contribution in [3.63, 3.8) is 0 Å². The molecule has 1 amide bonds. The fourth-order valence-corrected chi connectivity index (χ4v) is 4.45. The predicted octanol–water partition coefficient (Wildman–Crippen LogP) is 3.49. The summed E-state index contributed by atoms with van der Waals surface area (Å²) in [6, 6.07) is 17.0. The van der Waals surface area contributed by atoms with Gasteiger partial charge < -0.3 is 10.1 Å². The molecule has 0 aliphatic carbocycles. The van der Waals surface area contributed by atoms with Gasteiger partial charge in [0.1, 0.15) is 9.96 Å². The number of nitrogens with one attached hydrogen (secondary N) is 2. The van der Waals surface area contributed by atoms with Crippen molar-refractivity contribution in [3.05, 3.63) is 77.2 Å². The molecule has 1 aromatic heterocycles. The molecule has 0 bridgehead atoms. The molecule has 0 radical (unpaired) electrons. The molecule has 0 spiro atoms. The second-order valence-corrected chi connectivity index (χ2v) is 8.51. The lowest BCUT2D eigenvalue weighted by Gasteiger charge is -2.09. The molecule has 3 rings (SSSR count). The van der Waals surface area contributed by atoms with Crippen molar-refractivity contribution in [3.8, 4) is 5.75 Å². The average molecular weight is 402 g/mol. The maximum Gasteiger partial charge on any atom is 0.271 e. The van der Waals surface area contributed by atoms with E-state index >= 15 is 0 Å². The van der Waals surface area contributed by atoms with E-state index in [0.29, 0.717) is 23.5 Å². The average Bonchev–Trinajstić information content (AvgIpc) is 3.22. The lowest BCUT2D eigenvalue weighted by molar-refractivity contribution is 0.0951. The minimum Gasteiger partial charge on any atom is -0.497 e. The van der Waals surface area contributed by atoms with Gasteiger partial charge in [-0.25, -0.2) is 8.42 Å². The Labute approximate surface area is 161 Å². The van der Waals surface area contributed by atoms with Gasteiger partial charge in [-0.15, -0.1) is 11.3 Å². The van der Waals surface area contributed by atoms with Crippen LogP contribution in [0.2, 0.25) is 0 Å². The van der Waals surface area contributed by atoms with Crippen LogP contribution in [0.25, 0.3) is 0 Å². The van der Waals surface area contributed by atoms with Gasteiger partial charge in [-0.1, -0.05) is 24.3 Å². The van der Waals surface area contributed by atoms with Gasteiger partial charge in [0.25, 0.3) is 15.9 Å². The molecule has 0 atom stereocenters. The van der Waals surface area contributed by atoms with Gasteiger partial charge in [0.2, 0.25) is 0 Å². The second-order valence-electron chi connectivity index (χ2n) is 5.65. The van der Waals surface area contributed by atoms with E-state index < -0.39 is 10.0 Å². The summed E-state index contributed by atoms with van der Waals surface area (Å²) in [6.45, 7) is 0.335. The standard InChI is InChI=1S/C19H18N2O4S2/c1-25-17-8-2-5-14(11-17)13-20-19(22)15-6-3-7-16(12-15)21-27(23,24)18-9-4-10-26-18/h2-12,21H,13H2,1H3,(H,20,22). The quantitative estimate of drug-likeness (QED) is 0.634. The number of benzene rings is 2. The van der Waals surface area contributed by atoms with E-state index in [1.807, 2.05) is 24.3 Å². The molecule has 0 saturated carbocycles. The Morgan fingerprint density at radius 3 is 2.63 bits per heavy atom. The number of rotatable bonds is 7. The van der Waals surface area contributed by atoms with Gasteiger partial charge in [0.05, 0.1) is 7.11 Å². The fourth-order valence-electron chi connectivity index (χ4n) is 2.41. The van der Waals surface area contributed by atoms with E-state index in [9.17, 15) is 13.2 Å². The lowest BCUT2D eigenvalue weighted by atomic mass is 10.1. The van der Waals surface area contributed by atoms with Crippen LogP contribution in [-0.2, 0) is 16.6 Å². The summed E-state index contributed by atoms with van der Waals surface area (Å²) in [4.78, 5) is 12.4. The largest absolute Gasteiger partial charge is 0.497 e. The molecule has 0 fully saturated rings. The van der Waals surface area contributed by atoms with Gasteiger partial charge in [-0.3, -0.25) is 9.52 Å². The van der Waals surface area contributed by atoms with Gasteiger partial charge in [-0.2, -0.15) is 0 Å². The molecule has 2 N–H and O–H groups in total. The number of amides is 1. The van der Waals surface area contributed by atoms with Crippen LogP contribution in [0.4, 0.5) is 5.69 Å². The van der Waals surface area contributed by atoms with Crippen molar-refractivity contribution < 1.29 is 17.9 Å². The van der Waals surface area contributed by atoms with Crippen LogP contribution >= 0.6 is 11.3 Å². The van der Waals surface area contributed by atoms with E-state index in [1.165, 1.54) is 12.1 Å². The number of carbonyl (C=O) groups is 1. The third-order valence-electron chi connectivity index (χ3n) is 3.72. The topological polar surface area (TPSA) is 84.5 Å². The summed E-state index contributed by atoms with van der Waals surface area (Å²) in [5.74, 6) is 0.418.